The van der Waals surface area contributed by atoms with Crippen molar-refractivity contribution in [1.82, 2.24) is 4.31 Å². The van der Waals surface area contributed by atoms with Crippen LogP contribution in [0.5, 0.6) is 5.75 Å². The van der Waals surface area contributed by atoms with Crippen LogP contribution in [0, 0.1) is 5.82 Å². The molecule has 4 rings (SSSR count). The van der Waals surface area contributed by atoms with Gasteiger partial charge in [-0.1, -0.05) is 18.2 Å². The van der Waals surface area contributed by atoms with E-state index in [0.717, 1.165) is 0 Å². The number of nitrogens with zero attached hydrogens (tertiary/aromatic N) is 2. The van der Waals surface area contributed by atoms with Crippen LogP contribution in [0.1, 0.15) is 31.4 Å². The normalized spacial score (nSPS) is 19.9. The van der Waals surface area contributed by atoms with Gasteiger partial charge in [0.05, 0.1) is 23.2 Å². The molecule has 0 aromatic heterocycles. The Morgan fingerprint density at radius 2 is 1.96 bits per heavy atom. The molecule has 8 heteroatoms. The quantitative estimate of drug-likeness (QED) is 0.789. The summed E-state index contributed by atoms with van der Waals surface area (Å²) in [6.07, 6.45) is 1.22. The fourth-order valence-electron chi connectivity index (χ4n) is 3.90. The van der Waals surface area contributed by atoms with Gasteiger partial charge in [-0.2, -0.15) is 4.31 Å². The van der Waals surface area contributed by atoms with Crippen molar-refractivity contribution in [2.75, 3.05) is 24.6 Å². The van der Waals surface area contributed by atoms with Crippen LogP contribution < -0.4 is 9.64 Å². The molecule has 2 aliphatic heterocycles. The maximum Gasteiger partial charge on any atom is 0.243 e. The number of carbonyl (C=O) groups excluding carboxylic acids is 1. The van der Waals surface area contributed by atoms with Gasteiger partial charge in [0.2, 0.25) is 15.9 Å². The van der Waals surface area contributed by atoms with Crippen LogP contribution in [0.25, 0.3) is 0 Å². The smallest absolute Gasteiger partial charge is 0.243 e. The average molecular weight is 404 g/mol. The molecule has 0 spiro atoms. The van der Waals surface area contributed by atoms with Crippen LogP contribution in [0.2, 0.25) is 0 Å². The predicted octanol–water partition coefficient (Wildman–Crippen LogP) is 3.10. The standard InChI is InChI=1S/C20H21FN2O4S/c1-14(24)22-11-12-27-20-9-8-15(13-19(20)22)28(25,26)23-10-4-7-18(23)16-5-2-3-6-17(16)21/h2-3,5-6,8-9,13,18H,4,7,10-12H2,1H3. The number of carbonyl (C=O) groups is 1. The molecule has 0 aliphatic carbocycles. The minimum atomic E-state index is -3.86. The van der Waals surface area contributed by atoms with Crippen LogP contribution >= 0.6 is 0 Å². The fourth-order valence-corrected chi connectivity index (χ4v) is 5.60. The van der Waals surface area contributed by atoms with E-state index in [1.807, 2.05) is 0 Å². The third-order valence-corrected chi connectivity index (χ3v) is 7.15. The molecule has 2 aliphatic rings. The Morgan fingerprint density at radius 1 is 1.18 bits per heavy atom. The van der Waals surface area contributed by atoms with Crippen molar-refractivity contribution in [3.8, 4) is 5.75 Å². The number of halogens is 1. The summed E-state index contributed by atoms with van der Waals surface area (Å²) in [6.45, 7) is 2.49. The summed E-state index contributed by atoms with van der Waals surface area (Å²) in [5.74, 6) is -0.104. The maximum atomic E-state index is 14.3. The lowest BCUT2D eigenvalue weighted by Crippen LogP contribution is -2.37. The van der Waals surface area contributed by atoms with Gasteiger partial charge >= 0.3 is 0 Å². The Bertz CT molecular complexity index is 1020. The van der Waals surface area contributed by atoms with Gasteiger partial charge in [-0.15, -0.1) is 0 Å². The van der Waals surface area contributed by atoms with Gasteiger partial charge in [-0.3, -0.25) is 4.79 Å². The van der Waals surface area contributed by atoms with Crippen molar-refractivity contribution in [2.24, 2.45) is 0 Å². The van der Waals surface area contributed by atoms with E-state index in [2.05, 4.69) is 0 Å². The molecule has 1 fully saturated rings. The molecule has 2 aromatic carbocycles. The summed E-state index contributed by atoms with van der Waals surface area (Å²) in [4.78, 5) is 13.5. The SMILES string of the molecule is CC(=O)N1CCOc2ccc(S(=O)(=O)N3CCCC3c3ccccc3F)cc21. The highest BCUT2D eigenvalue weighted by Gasteiger charge is 2.38. The molecule has 2 aromatic rings. The summed E-state index contributed by atoms with van der Waals surface area (Å²) in [5, 5.41) is 0. The lowest BCUT2D eigenvalue weighted by atomic mass is 10.1. The number of fused-ring (bicyclic) bond motifs is 1. The van der Waals surface area contributed by atoms with Gasteiger partial charge in [0.1, 0.15) is 18.2 Å². The van der Waals surface area contributed by atoms with Crippen molar-refractivity contribution < 1.29 is 22.3 Å². The molecule has 28 heavy (non-hydrogen) atoms. The summed E-state index contributed by atoms with van der Waals surface area (Å²) in [7, 11) is -3.86. The van der Waals surface area contributed by atoms with Gasteiger partial charge in [-0.25, -0.2) is 12.8 Å². The van der Waals surface area contributed by atoms with Crippen molar-refractivity contribution in [3.63, 3.8) is 0 Å². The molecule has 0 bridgehead atoms. The zero-order valence-corrected chi connectivity index (χ0v) is 16.3. The van der Waals surface area contributed by atoms with E-state index in [1.54, 1.807) is 24.3 Å². The molecule has 1 saturated heterocycles. The second kappa shape index (κ2) is 7.18. The van der Waals surface area contributed by atoms with Crippen LogP contribution in [-0.4, -0.2) is 38.3 Å². The van der Waals surface area contributed by atoms with Crippen molar-refractivity contribution >= 4 is 21.6 Å². The lowest BCUT2D eigenvalue weighted by molar-refractivity contribution is -0.116. The first kappa shape index (κ1) is 18.9. The zero-order valence-electron chi connectivity index (χ0n) is 15.5. The molecule has 6 nitrogen and oxygen atoms in total. The second-order valence-electron chi connectivity index (χ2n) is 6.94. The number of hydrogen-bond acceptors (Lipinski definition) is 4. The first-order valence-electron chi connectivity index (χ1n) is 9.21. The third kappa shape index (κ3) is 3.16. The fraction of sp³-hybridized carbons (Fsp3) is 0.350. The van der Waals surface area contributed by atoms with Gasteiger partial charge in [0.15, 0.2) is 0 Å². The molecule has 2 heterocycles. The minimum absolute atomic E-state index is 0.0752. The highest BCUT2D eigenvalue weighted by Crippen LogP contribution is 2.40. The zero-order chi connectivity index (χ0) is 19.9. The van der Waals surface area contributed by atoms with Crippen LogP contribution in [0.15, 0.2) is 47.4 Å². The molecule has 0 N–H and O–H groups in total. The van der Waals surface area contributed by atoms with E-state index in [-0.39, 0.29) is 10.8 Å². The number of hydrogen-bond donors (Lipinski definition) is 0. The molecular weight excluding hydrogens is 383 g/mol. The van der Waals surface area contributed by atoms with Gasteiger partial charge in [-0.05, 0) is 37.1 Å². The number of amides is 1. The summed E-state index contributed by atoms with van der Waals surface area (Å²) in [5.41, 5.74) is 0.830. The second-order valence-corrected chi connectivity index (χ2v) is 8.83. The highest BCUT2D eigenvalue weighted by atomic mass is 32.2. The van der Waals surface area contributed by atoms with E-state index in [0.29, 0.717) is 49.5 Å². The first-order chi connectivity index (χ1) is 13.4. The Kier molecular flexibility index (Phi) is 4.84. The topological polar surface area (TPSA) is 66.9 Å². The van der Waals surface area contributed by atoms with E-state index in [4.69, 9.17) is 4.74 Å². The summed E-state index contributed by atoms with van der Waals surface area (Å²) in [6, 6.07) is 10.3. The van der Waals surface area contributed by atoms with Crippen molar-refractivity contribution in [3.05, 3.63) is 53.8 Å². The van der Waals surface area contributed by atoms with E-state index in [9.17, 15) is 17.6 Å². The van der Waals surface area contributed by atoms with Crippen LogP contribution in [-0.2, 0) is 14.8 Å². The molecule has 1 atom stereocenters. The largest absolute Gasteiger partial charge is 0.490 e. The summed E-state index contributed by atoms with van der Waals surface area (Å²) < 4.78 is 47.9. The van der Waals surface area contributed by atoms with Gasteiger partial charge < -0.3 is 9.64 Å². The van der Waals surface area contributed by atoms with Gasteiger partial charge in [0, 0.05) is 19.0 Å². The lowest BCUT2D eigenvalue weighted by Gasteiger charge is -2.30. The molecular formula is C20H21FN2O4S. The monoisotopic (exact) mass is 404 g/mol. The predicted molar refractivity (Wildman–Crippen MR) is 102 cm³/mol. The number of sulfonamides is 1. The first-order valence-corrected chi connectivity index (χ1v) is 10.6. The maximum absolute atomic E-state index is 14.3. The molecule has 1 amide bonds. The third-order valence-electron chi connectivity index (χ3n) is 5.25. The number of rotatable bonds is 3. The summed E-state index contributed by atoms with van der Waals surface area (Å²) >= 11 is 0. The van der Waals surface area contributed by atoms with Crippen LogP contribution in [0.4, 0.5) is 10.1 Å². The Hall–Kier alpha value is -2.45. The van der Waals surface area contributed by atoms with Crippen molar-refractivity contribution in [2.45, 2.75) is 30.7 Å². The number of ether oxygens (including phenoxy) is 1. The Balaban J connectivity index is 1.73. The van der Waals surface area contributed by atoms with Crippen LogP contribution in [0.3, 0.4) is 0 Å². The molecule has 1 unspecified atom stereocenters. The number of benzene rings is 2. The van der Waals surface area contributed by atoms with Crippen molar-refractivity contribution in [1.29, 1.82) is 0 Å². The molecule has 148 valence electrons. The van der Waals surface area contributed by atoms with E-state index >= 15 is 0 Å². The van der Waals surface area contributed by atoms with Gasteiger partial charge in [0.25, 0.3) is 0 Å². The van der Waals surface area contributed by atoms with E-state index < -0.39 is 21.9 Å². The van der Waals surface area contributed by atoms with E-state index in [1.165, 1.54) is 34.3 Å². The molecule has 0 saturated carbocycles. The number of anilines is 1. The highest BCUT2D eigenvalue weighted by molar-refractivity contribution is 7.89. The molecule has 0 radical (unpaired) electrons. The Morgan fingerprint density at radius 3 is 2.71 bits per heavy atom. The minimum Gasteiger partial charge on any atom is -0.490 e. The average Bonchev–Trinajstić information content (AvgIpc) is 3.17. The Labute approximate surface area is 163 Å².